The van der Waals surface area contributed by atoms with E-state index < -0.39 is 29.7 Å². The number of halogens is 1. The average molecular weight is 215 g/mol. The number of methoxy groups -OCH3 is 1. The van der Waals surface area contributed by atoms with Crippen molar-refractivity contribution in [1.82, 2.24) is 4.98 Å². The van der Waals surface area contributed by atoms with E-state index in [2.05, 4.69) is 9.72 Å². The zero-order valence-corrected chi connectivity index (χ0v) is 7.92. The Morgan fingerprint density at radius 1 is 1.60 bits per heavy atom. The van der Waals surface area contributed by atoms with Crippen LogP contribution in [0, 0.1) is 5.82 Å². The lowest BCUT2D eigenvalue weighted by Crippen LogP contribution is -2.30. The Bertz CT molecular complexity index is 358. The van der Waals surface area contributed by atoms with Crippen LogP contribution in [0.5, 0.6) is 0 Å². The van der Waals surface area contributed by atoms with Gasteiger partial charge in [-0.1, -0.05) is 0 Å². The number of aliphatic hydroxyl groups is 2. The molecule has 5 nitrogen and oxygen atoms in total. The van der Waals surface area contributed by atoms with Crippen molar-refractivity contribution in [3.05, 3.63) is 29.8 Å². The number of hydrogen-bond acceptors (Lipinski definition) is 5. The van der Waals surface area contributed by atoms with Gasteiger partial charge in [0.25, 0.3) is 0 Å². The van der Waals surface area contributed by atoms with Gasteiger partial charge in [-0.05, 0) is 12.1 Å². The molecule has 1 heterocycles. The molecule has 0 fully saturated rings. The maximum atomic E-state index is 13.1. The fourth-order valence-corrected chi connectivity index (χ4v) is 1.01. The van der Waals surface area contributed by atoms with Crippen LogP contribution in [-0.2, 0) is 9.53 Å². The number of hydrogen-bond donors (Lipinski definition) is 2. The molecule has 0 amide bonds. The first-order valence-electron chi connectivity index (χ1n) is 4.12. The highest BCUT2D eigenvalue weighted by molar-refractivity contribution is 5.75. The third kappa shape index (κ3) is 2.48. The molecule has 2 atom stereocenters. The van der Waals surface area contributed by atoms with Crippen molar-refractivity contribution in [1.29, 1.82) is 0 Å². The Kier molecular flexibility index (Phi) is 3.70. The van der Waals surface area contributed by atoms with Gasteiger partial charge in [0, 0.05) is 6.20 Å². The van der Waals surface area contributed by atoms with Crippen LogP contribution in [0.15, 0.2) is 18.3 Å². The number of carbonyl (C=O) groups is 1. The molecular formula is C9H10FNO4. The predicted molar refractivity (Wildman–Crippen MR) is 47.2 cm³/mol. The quantitative estimate of drug-likeness (QED) is 0.682. The lowest BCUT2D eigenvalue weighted by molar-refractivity contribution is -0.157. The van der Waals surface area contributed by atoms with E-state index in [4.69, 9.17) is 0 Å². The molecule has 0 aliphatic carbocycles. The van der Waals surface area contributed by atoms with Crippen LogP contribution in [0.3, 0.4) is 0 Å². The fraction of sp³-hybridized carbons (Fsp3) is 0.333. The summed E-state index contributed by atoms with van der Waals surface area (Å²) in [7, 11) is 1.05. The normalized spacial score (nSPS) is 14.4. The molecule has 2 N–H and O–H groups in total. The summed E-state index contributed by atoms with van der Waals surface area (Å²) in [6, 6.07) is 2.39. The van der Waals surface area contributed by atoms with E-state index in [1.807, 2.05) is 0 Å². The monoisotopic (exact) mass is 215 g/mol. The second-order valence-corrected chi connectivity index (χ2v) is 2.78. The summed E-state index contributed by atoms with van der Waals surface area (Å²) in [6.45, 7) is 0. The summed E-state index contributed by atoms with van der Waals surface area (Å²) in [5.74, 6) is -1.85. The van der Waals surface area contributed by atoms with Crippen molar-refractivity contribution < 1.29 is 24.1 Å². The lowest BCUT2D eigenvalue weighted by Gasteiger charge is -2.15. The number of rotatable bonds is 3. The summed E-state index contributed by atoms with van der Waals surface area (Å²) in [4.78, 5) is 14.4. The van der Waals surface area contributed by atoms with Crippen LogP contribution >= 0.6 is 0 Å². The van der Waals surface area contributed by atoms with Gasteiger partial charge < -0.3 is 14.9 Å². The molecule has 0 aliphatic rings. The van der Waals surface area contributed by atoms with Crippen LogP contribution in [0.25, 0.3) is 0 Å². The second kappa shape index (κ2) is 4.81. The van der Waals surface area contributed by atoms with E-state index in [0.29, 0.717) is 0 Å². The van der Waals surface area contributed by atoms with Crippen molar-refractivity contribution in [2.75, 3.05) is 7.11 Å². The molecule has 1 aromatic heterocycles. The van der Waals surface area contributed by atoms with Crippen molar-refractivity contribution in [2.24, 2.45) is 0 Å². The van der Waals surface area contributed by atoms with Gasteiger partial charge >= 0.3 is 5.97 Å². The van der Waals surface area contributed by atoms with Gasteiger partial charge in [-0.2, -0.15) is 0 Å². The largest absolute Gasteiger partial charge is 0.467 e. The summed E-state index contributed by atoms with van der Waals surface area (Å²) in [6.07, 6.45) is -2.34. The minimum atomic E-state index is -1.85. The van der Waals surface area contributed by atoms with Gasteiger partial charge in [0.1, 0.15) is 17.6 Å². The molecule has 0 radical (unpaired) electrons. The first-order chi connectivity index (χ1) is 7.07. The van der Waals surface area contributed by atoms with Crippen molar-refractivity contribution in [2.45, 2.75) is 12.2 Å². The zero-order chi connectivity index (χ0) is 11.4. The molecule has 82 valence electrons. The Hall–Kier alpha value is -1.53. The minimum Gasteiger partial charge on any atom is -0.467 e. The molecule has 1 aromatic rings. The van der Waals surface area contributed by atoms with Gasteiger partial charge in [-0.25, -0.2) is 9.18 Å². The van der Waals surface area contributed by atoms with Crippen molar-refractivity contribution >= 4 is 5.97 Å². The van der Waals surface area contributed by atoms with E-state index in [0.717, 1.165) is 13.2 Å². The molecule has 2 unspecified atom stereocenters. The smallest absolute Gasteiger partial charge is 0.337 e. The van der Waals surface area contributed by atoms with E-state index in [1.54, 1.807) is 0 Å². The predicted octanol–water partition coefficient (Wildman–Crippen LogP) is -0.212. The van der Waals surface area contributed by atoms with Gasteiger partial charge in [-0.3, -0.25) is 4.98 Å². The molecule has 1 rings (SSSR count). The summed E-state index contributed by atoms with van der Waals surface area (Å²) >= 11 is 0. The first kappa shape index (κ1) is 11.5. The highest BCUT2D eigenvalue weighted by atomic mass is 19.1. The third-order valence-electron chi connectivity index (χ3n) is 1.81. The molecule has 0 bridgehead atoms. The summed E-state index contributed by atoms with van der Waals surface area (Å²) in [5.41, 5.74) is -0.393. The maximum Gasteiger partial charge on any atom is 0.337 e. The number of ether oxygens (including phenoxy) is 1. The molecule has 0 saturated heterocycles. The van der Waals surface area contributed by atoms with Gasteiger partial charge in [0.15, 0.2) is 6.10 Å². The number of carbonyl (C=O) groups excluding carboxylic acids is 1. The summed E-state index contributed by atoms with van der Waals surface area (Å²) < 4.78 is 17.3. The Balaban J connectivity index is 2.89. The molecule has 15 heavy (non-hydrogen) atoms. The van der Waals surface area contributed by atoms with Gasteiger partial charge in [0.05, 0.1) is 7.11 Å². The second-order valence-electron chi connectivity index (χ2n) is 2.78. The lowest BCUT2D eigenvalue weighted by atomic mass is 10.1. The minimum absolute atomic E-state index is 0.393. The maximum absolute atomic E-state index is 13.1. The number of esters is 1. The van der Waals surface area contributed by atoms with Gasteiger partial charge in [0.2, 0.25) is 0 Å². The van der Waals surface area contributed by atoms with Crippen molar-refractivity contribution in [3.8, 4) is 0 Å². The number of pyridine rings is 1. The molecule has 0 aliphatic heterocycles. The highest BCUT2D eigenvalue weighted by Crippen LogP contribution is 2.17. The highest BCUT2D eigenvalue weighted by Gasteiger charge is 2.29. The van der Waals surface area contributed by atoms with Crippen LogP contribution in [0.2, 0.25) is 0 Å². The van der Waals surface area contributed by atoms with Crippen LogP contribution in [0.4, 0.5) is 4.39 Å². The SMILES string of the molecule is COC(=O)C(O)C(O)c1ncccc1F. The van der Waals surface area contributed by atoms with Gasteiger partial charge in [-0.15, -0.1) is 0 Å². The Labute approximate surface area is 85.1 Å². The standard InChI is InChI=1S/C9H10FNO4/c1-15-9(14)8(13)7(12)6-5(10)3-2-4-11-6/h2-4,7-8,12-13H,1H3. The number of aliphatic hydroxyl groups excluding tert-OH is 2. The number of nitrogens with zero attached hydrogens (tertiary/aromatic N) is 1. The Morgan fingerprint density at radius 2 is 2.27 bits per heavy atom. The molecule has 0 aromatic carbocycles. The van der Waals surface area contributed by atoms with Crippen LogP contribution in [-0.4, -0.2) is 34.4 Å². The fourth-order valence-electron chi connectivity index (χ4n) is 1.01. The van der Waals surface area contributed by atoms with E-state index in [-0.39, 0.29) is 0 Å². The summed E-state index contributed by atoms with van der Waals surface area (Å²) in [5, 5.41) is 18.7. The molecule has 0 saturated carbocycles. The van der Waals surface area contributed by atoms with E-state index >= 15 is 0 Å². The average Bonchev–Trinajstić information content (AvgIpc) is 2.26. The number of aromatic nitrogens is 1. The third-order valence-corrected chi connectivity index (χ3v) is 1.81. The first-order valence-corrected chi connectivity index (χ1v) is 4.12. The molecule has 6 heteroatoms. The van der Waals surface area contributed by atoms with Crippen molar-refractivity contribution in [3.63, 3.8) is 0 Å². The molecule has 0 spiro atoms. The van der Waals surface area contributed by atoms with Crippen LogP contribution in [0.1, 0.15) is 11.8 Å². The van der Waals surface area contributed by atoms with Crippen LogP contribution < -0.4 is 0 Å². The topological polar surface area (TPSA) is 79.7 Å². The van der Waals surface area contributed by atoms with E-state index in [1.165, 1.54) is 12.3 Å². The van der Waals surface area contributed by atoms with E-state index in [9.17, 15) is 19.4 Å². The molecular weight excluding hydrogens is 205 g/mol. The zero-order valence-electron chi connectivity index (χ0n) is 7.92. The Morgan fingerprint density at radius 3 is 2.80 bits per heavy atom.